The second kappa shape index (κ2) is 11.9. The van der Waals surface area contributed by atoms with Gasteiger partial charge in [-0.2, -0.15) is 0 Å². The molecule has 1 aromatic carbocycles. The van der Waals surface area contributed by atoms with Crippen molar-refractivity contribution < 1.29 is 4.74 Å². The Kier molecular flexibility index (Phi) is 9.87. The van der Waals surface area contributed by atoms with Crippen molar-refractivity contribution in [3.8, 4) is 0 Å². The number of benzene rings is 1. The Morgan fingerprint density at radius 1 is 1.27 bits per heavy atom. The molecule has 0 spiro atoms. The number of hydrogen-bond acceptors (Lipinski definition) is 3. The molecule has 0 aliphatic carbocycles. The van der Waals surface area contributed by atoms with Crippen molar-refractivity contribution in [2.24, 2.45) is 16.3 Å². The van der Waals surface area contributed by atoms with E-state index in [1.807, 2.05) is 12.4 Å². The van der Waals surface area contributed by atoms with Crippen molar-refractivity contribution in [3.63, 3.8) is 0 Å². The van der Waals surface area contributed by atoms with E-state index in [1.54, 1.807) is 0 Å². The molecule has 2 atom stereocenters. The number of imidazole rings is 1. The molecule has 2 unspecified atom stereocenters. The first-order chi connectivity index (χ1) is 14.0. The number of ether oxygens (including phenoxy) is 1. The van der Waals surface area contributed by atoms with Gasteiger partial charge >= 0.3 is 0 Å². The topological polar surface area (TPSA) is 63.5 Å². The number of rotatable bonds is 7. The number of nitrogens with one attached hydrogen (secondary N) is 2. The standard InChI is InChI=1S/C23H37N5O.HI/c1-5-24-22(26-16-18-10-8-15-29-21(18)23(2,3)4)25-13-9-14-28-17-27-19-11-6-7-12-20(19)28;/h6-7,11-12,17-18,21H,5,8-10,13-16H2,1-4H3,(H2,24,25,26);1H. The van der Waals surface area contributed by atoms with Gasteiger partial charge in [0, 0.05) is 38.7 Å². The predicted octanol–water partition coefficient (Wildman–Crippen LogP) is 4.44. The number of aryl methyl sites for hydroxylation is 1. The minimum Gasteiger partial charge on any atom is -0.377 e. The first-order valence-electron chi connectivity index (χ1n) is 11.0. The van der Waals surface area contributed by atoms with E-state index in [9.17, 15) is 0 Å². The smallest absolute Gasteiger partial charge is 0.191 e. The van der Waals surface area contributed by atoms with Gasteiger partial charge in [-0.05, 0) is 43.7 Å². The number of hydrogen-bond donors (Lipinski definition) is 2. The summed E-state index contributed by atoms with van der Waals surface area (Å²) >= 11 is 0. The van der Waals surface area contributed by atoms with Crippen LogP contribution in [0, 0.1) is 11.3 Å². The average Bonchev–Trinajstić information content (AvgIpc) is 3.12. The van der Waals surface area contributed by atoms with Crippen LogP contribution in [0.3, 0.4) is 0 Å². The third-order valence-electron chi connectivity index (χ3n) is 5.52. The van der Waals surface area contributed by atoms with Crippen LogP contribution in [0.4, 0.5) is 0 Å². The van der Waals surface area contributed by atoms with Gasteiger partial charge in [-0.25, -0.2) is 4.98 Å². The van der Waals surface area contributed by atoms with Crippen LogP contribution in [0.15, 0.2) is 35.6 Å². The van der Waals surface area contributed by atoms with Crippen LogP contribution in [-0.4, -0.2) is 47.9 Å². The zero-order chi connectivity index (χ0) is 20.7. The monoisotopic (exact) mass is 527 g/mol. The van der Waals surface area contributed by atoms with Crippen molar-refractivity contribution in [1.29, 1.82) is 0 Å². The van der Waals surface area contributed by atoms with E-state index >= 15 is 0 Å². The van der Waals surface area contributed by atoms with E-state index in [4.69, 9.17) is 9.73 Å². The summed E-state index contributed by atoms with van der Waals surface area (Å²) in [5.74, 6) is 1.39. The van der Waals surface area contributed by atoms with Crippen LogP contribution in [0.2, 0.25) is 0 Å². The number of para-hydroxylation sites is 2. The molecule has 1 aliphatic rings. The minimum absolute atomic E-state index is 0. The molecule has 0 radical (unpaired) electrons. The van der Waals surface area contributed by atoms with Crippen molar-refractivity contribution >= 4 is 41.0 Å². The fraction of sp³-hybridized carbons (Fsp3) is 0.652. The fourth-order valence-corrected chi connectivity index (χ4v) is 4.18. The molecule has 1 saturated heterocycles. The van der Waals surface area contributed by atoms with Crippen molar-refractivity contribution in [2.75, 3.05) is 26.2 Å². The molecule has 2 N–H and O–H groups in total. The number of aromatic nitrogens is 2. The Morgan fingerprint density at radius 3 is 2.83 bits per heavy atom. The number of fused-ring (bicyclic) bond motifs is 1. The second-order valence-corrected chi connectivity index (χ2v) is 8.99. The zero-order valence-electron chi connectivity index (χ0n) is 18.9. The summed E-state index contributed by atoms with van der Waals surface area (Å²) in [6.07, 6.45) is 5.55. The highest BCUT2D eigenvalue weighted by Gasteiger charge is 2.35. The van der Waals surface area contributed by atoms with Gasteiger partial charge in [0.05, 0.1) is 23.5 Å². The summed E-state index contributed by atoms with van der Waals surface area (Å²) in [5.41, 5.74) is 2.40. The van der Waals surface area contributed by atoms with Gasteiger partial charge < -0.3 is 19.9 Å². The van der Waals surface area contributed by atoms with E-state index < -0.39 is 0 Å². The Labute approximate surface area is 198 Å². The van der Waals surface area contributed by atoms with Gasteiger partial charge in [-0.15, -0.1) is 24.0 Å². The summed E-state index contributed by atoms with van der Waals surface area (Å²) < 4.78 is 8.32. The van der Waals surface area contributed by atoms with E-state index in [0.29, 0.717) is 5.92 Å². The summed E-state index contributed by atoms with van der Waals surface area (Å²) in [7, 11) is 0. The molecule has 0 saturated carbocycles. The number of guanidine groups is 1. The molecular weight excluding hydrogens is 489 g/mol. The molecule has 2 aromatic rings. The maximum absolute atomic E-state index is 6.10. The highest BCUT2D eigenvalue weighted by molar-refractivity contribution is 14.0. The van der Waals surface area contributed by atoms with Gasteiger partial charge in [0.25, 0.3) is 0 Å². The van der Waals surface area contributed by atoms with E-state index in [0.717, 1.165) is 57.1 Å². The molecule has 7 heteroatoms. The Bertz CT molecular complexity index is 798. The van der Waals surface area contributed by atoms with Crippen LogP contribution in [0.25, 0.3) is 11.0 Å². The predicted molar refractivity (Wildman–Crippen MR) is 136 cm³/mol. The Balaban J connectivity index is 0.00000320. The van der Waals surface area contributed by atoms with Crippen LogP contribution in [0.1, 0.15) is 47.0 Å². The van der Waals surface area contributed by atoms with Crippen LogP contribution in [0.5, 0.6) is 0 Å². The molecule has 0 bridgehead atoms. The van der Waals surface area contributed by atoms with E-state index in [1.165, 1.54) is 11.9 Å². The molecule has 30 heavy (non-hydrogen) atoms. The zero-order valence-corrected chi connectivity index (χ0v) is 21.2. The molecule has 1 fully saturated rings. The lowest BCUT2D eigenvalue weighted by atomic mass is 9.78. The molecule has 3 rings (SSSR count). The molecule has 0 amide bonds. The first kappa shape index (κ1) is 24.9. The Morgan fingerprint density at radius 2 is 2.07 bits per heavy atom. The SMILES string of the molecule is CCNC(=NCC1CCCOC1C(C)(C)C)NCCCn1cnc2ccccc21.I. The quantitative estimate of drug-likeness (QED) is 0.242. The maximum Gasteiger partial charge on any atom is 0.191 e. The normalized spacial score (nSPS) is 20.1. The second-order valence-electron chi connectivity index (χ2n) is 8.99. The molecule has 2 heterocycles. The lowest BCUT2D eigenvalue weighted by molar-refractivity contribution is -0.0823. The van der Waals surface area contributed by atoms with E-state index in [2.05, 4.69) is 66.1 Å². The van der Waals surface area contributed by atoms with Gasteiger partial charge in [-0.3, -0.25) is 4.99 Å². The van der Waals surface area contributed by atoms with Gasteiger partial charge in [-0.1, -0.05) is 32.9 Å². The van der Waals surface area contributed by atoms with E-state index in [-0.39, 0.29) is 35.5 Å². The molecular formula is C23H38IN5O. The average molecular weight is 527 g/mol. The minimum atomic E-state index is 0. The number of nitrogens with zero attached hydrogens (tertiary/aromatic N) is 3. The van der Waals surface area contributed by atoms with Crippen LogP contribution >= 0.6 is 24.0 Å². The van der Waals surface area contributed by atoms with Gasteiger partial charge in [0.2, 0.25) is 0 Å². The highest BCUT2D eigenvalue weighted by Crippen LogP contribution is 2.34. The lowest BCUT2D eigenvalue weighted by Gasteiger charge is -2.39. The molecule has 6 nitrogen and oxygen atoms in total. The Hall–Kier alpha value is -1.35. The molecule has 1 aromatic heterocycles. The largest absolute Gasteiger partial charge is 0.377 e. The lowest BCUT2D eigenvalue weighted by Crippen LogP contribution is -2.43. The van der Waals surface area contributed by atoms with Gasteiger partial charge in [0.15, 0.2) is 5.96 Å². The summed E-state index contributed by atoms with van der Waals surface area (Å²) in [6, 6.07) is 8.27. The van der Waals surface area contributed by atoms with Crippen LogP contribution in [-0.2, 0) is 11.3 Å². The summed E-state index contributed by atoms with van der Waals surface area (Å²) in [6.45, 7) is 13.3. The van der Waals surface area contributed by atoms with Crippen molar-refractivity contribution in [1.82, 2.24) is 20.2 Å². The van der Waals surface area contributed by atoms with Crippen molar-refractivity contribution in [3.05, 3.63) is 30.6 Å². The third-order valence-corrected chi connectivity index (χ3v) is 5.52. The van der Waals surface area contributed by atoms with Crippen molar-refractivity contribution in [2.45, 2.75) is 59.6 Å². The molecule has 1 aliphatic heterocycles. The van der Waals surface area contributed by atoms with Gasteiger partial charge in [0.1, 0.15) is 0 Å². The molecule has 168 valence electrons. The maximum atomic E-state index is 6.10. The summed E-state index contributed by atoms with van der Waals surface area (Å²) in [4.78, 5) is 9.35. The number of aliphatic imine (C=N–C) groups is 1. The number of halogens is 1. The first-order valence-corrected chi connectivity index (χ1v) is 11.0. The fourth-order valence-electron chi connectivity index (χ4n) is 4.18. The third kappa shape index (κ3) is 6.83. The van der Waals surface area contributed by atoms with Crippen LogP contribution < -0.4 is 10.6 Å². The summed E-state index contributed by atoms with van der Waals surface area (Å²) in [5, 5.41) is 6.87. The highest BCUT2D eigenvalue weighted by atomic mass is 127.